The molecule has 1 aliphatic rings. The second kappa shape index (κ2) is 7.06. The van der Waals surface area contributed by atoms with Gasteiger partial charge >= 0.3 is 0 Å². The van der Waals surface area contributed by atoms with E-state index in [9.17, 15) is 0 Å². The minimum absolute atomic E-state index is 0.343. The third kappa shape index (κ3) is 3.80. The summed E-state index contributed by atoms with van der Waals surface area (Å²) >= 11 is 0. The fraction of sp³-hybridized carbons (Fsp3) is 0.800. The molecule has 0 spiro atoms. The molecular weight excluding hydrogens is 236 g/mol. The first-order chi connectivity index (χ1) is 9.24. The topological polar surface area (TPSA) is 47.1 Å². The molecule has 0 saturated carbocycles. The van der Waals surface area contributed by atoms with Gasteiger partial charge < -0.3 is 5.73 Å². The van der Waals surface area contributed by atoms with Crippen LogP contribution in [0.5, 0.6) is 0 Å². The third-order valence-electron chi connectivity index (χ3n) is 4.21. The van der Waals surface area contributed by atoms with Crippen molar-refractivity contribution in [1.82, 2.24) is 14.7 Å². The number of aryl methyl sites for hydroxylation is 1. The van der Waals surface area contributed by atoms with Gasteiger partial charge in [0.25, 0.3) is 0 Å². The largest absolute Gasteiger partial charge is 0.329 e. The molecule has 0 aliphatic carbocycles. The maximum atomic E-state index is 6.03. The maximum absolute atomic E-state index is 6.03. The Morgan fingerprint density at radius 1 is 1.42 bits per heavy atom. The van der Waals surface area contributed by atoms with Gasteiger partial charge in [-0.05, 0) is 44.7 Å². The first kappa shape index (κ1) is 14.5. The van der Waals surface area contributed by atoms with Gasteiger partial charge in [-0.3, -0.25) is 9.58 Å². The quantitative estimate of drug-likeness (QED) is 0.888. The molecule has 0 bridgehead atoms. The van der Waals surface area contributed by atoms with Crippen LogP contribution >= 0.6 is 0 Å². The van der Waals surface area contributed by atoms with E-state index in [1.807, 2.05) is 10.9 Å². The van der Waals surface area contributed by atoms with Gasteiger partial charge in [0.2, 0.25) is 0 Å². The van der Waals surface area contributed by atoms with E-state index >= 15 is 0 Å². The number of aromatic nitrogens is 2. The lowest BCUT2D eigenvalue weighted by atomic mass is 10.0. The SMILES string of the molecule is CCCn1cc(C(CN)N2CCCC(C)CC2)cn1. The lowest BCUT2D eigenvalue weighted by molar-refractivity contribution is 0.207. The Morgan fingerprint density at radius 3 is 3.00 bits per heavy atom. The smallest absolute Gasteiger partial charge is 0.0538 e. The molecular formula is C15H28N4. The van der Waals surface area contributed by atoms with Gasteiger partial charge in [-0.2, -0.15) is 5.10 Å². The molecule has 2 rings (SSSR count). The van der Waals surface area contributed by atoms with Gasteiger partial charge in [0, 0.05) is 24.8 Å². The van der Waals surface area contributed by atoms with Crippen LogP contribution < -0.4 is 5.73 Å². The highest BCUT2D eigenvalue weighted by Gasteiger charge is 2.23. The van der Waals surface area contributed by atoms with Crippen LogP contribution in [0.4, 0.5) is 0 Å². The number of nitrogens with zero attached hydrogens (tertiary/aromatic N) is 3. The van der Waals surface area contributed by atoms with Gasteiger partial charge in [0.15, 0.2) is 0 Å². The van der Waals surface area contributed by atoms with Crippen LogP contribution in [0.25, 0.3) is 0 Å². The normalized spacial score (nSPS) is 23.2. The van der Waals surface area contributed by atoms with Crippen molar-refractivity contribution in [2.75, 3.05) is 19.6 Å². The summed E-state index contributed by atoms with van der Waals surface area (Å²) in [7, 11) is 0. The third-order valence-corrected chi connectivity index (χ3v) is 4.21. The summed E-state index contributed by atoms with van der Waals surface area (Å²) in [6.45, 7) is 8.56. The Kier molecular flexibility index (Phi) is 5.40. The average Bonchev–Trinajstić information content (AvgIpc) is 2.74. The lowest BCUT2D eigenvalue weighted by Gasteiger charge is -2.29. The molecule has 0 aromatic carbocycles. The summed E-state index contributed by atoms with van der Waals surface area (Å²) in [5.74, 6) is 0.853. The minimum atomic E-state index is 0.343. The molecule has 2 atom stereocenters. The van der Waals surface area contributed by atoms with Crippen molar-refractivity contribution < 1.29 is 0 Å². The highest BCUT2D eigenvalue weighted by Crippen LogP contribution is 2.25. The predicted octanol–water partition coefficient (Wildman–Crippen LogP) is 2.41. The molecule has 2 unspecified atom stereocenters. The van der Waals surface area contributed by atoms with Crippen LogP contribution in [-0.2, 0) is 6.54 Å². The van der Waals surface area contributed by atoms with E-state index in [1.54, 1.807) is 0 Å². The van der Waals surface area contributed by atoms with E-state index < -0.39 is 0 Å². The fourth-order valence-corrected chi connectivity index (χ4v) is 3.00. The van der Waals surface area contributed by atoms with E-state index in [1.165, 1.54) is 37.9 Å². The summed E-state index contributed by atoms with van der Waals surface area (Å²) in [6.07, 6.45) is 9.23. The zero-order chi connectivity index (χ0) is 13.7. The van der Waals surface area contributed by atoms with E-state index in [-0.39, 0.29) is 0 Å². The summed E-state index contributed by atoms with van der Waals surface area (Å²) in [5, 5.41) is 4.44. The average molecular weight is 264 g/mol. The number of hydrogen-bond donors (Lipinski definition) is 1. The molecule has 2 N–H and O–H groups in total. The summed E-state index contributed by atoms with van der Waals surface area (Å²) in [4.78, 5) is 2.55. The molecule has 1 fully saturated rings. The second-order valence-corrected chi connectivity index (χ2v) is 5.86. The van der Waals surface area contributed by atoms with E-state index in [0.29, 0.717) is 12.6 Å². The van der Waals surface area contributed by atoms with Crippen molar-refractivity contribution in [2.24, 2.45) is 11.7 Å². The van der Waals surface area contributed by atoms with Crippen molar-refractivity contribution in [2.45, 2.75) is 52.1 Å². The molecule has 19 heavy (non-hydrogen) atoms. The van der Waals surface area contributed by atoms with Crippen LogP contribution in [-0.4, -0.2) is 34.3 Å². The van der Waals surface area contributed by atoms with Gasteiger partial charge in [-0.1, -0.05) is 13.8 Å². The second-order valence-electron chi connectivity index (χ2n) is 5.86. The molecule has 4 nitrogen and oxygen atoms in total. The number of rotatable bonds is 5. The first-order valence-corrected chi connectivity index (χ1v) is 7.71. The van der Waals surface area contributed by atoms with Gasteiger partial charge in [-0.15, -0.1) is 0 Å². The van der Waals surface area contributed by atoms with Crippen LogP contribution in [0.2, 0.25) is 0 Å². The molecule has 4 heteroatoms. The fourth-order valence-electron chi connectivity index (χ4n) is 3.00. The van der Waals surface area contributed by atoms with Gasteiger partial charge in [0.05, 0.1) is 12.2 Å². The minimum Gasteiger partial charge on any atom is -0.329 e. The zero-order valence-electron chi connectivity index (χ0n) is 12.4. The van der Waals surface area contributed by atoms with Crippen molar-refractivity contribution in [3.63, 3.8) is 0 Å². The van der Waals surface area contributed by atoms with Crippen LogP contribution in [0, 0.1) is 5.92 Å². The number of hydrogen-bond acceptors (Lipinski definition) is 3. The van der Waals surface area contributed by atoms with Gasteiger partial charge in [0.1, 0.15) is 0 Å². The van der Waals surface area contributed by atoms with E-state index in [4.69, 9.17) is 5.73 Å². The molecule has 0 radical (unpaired) electrons. The van der Waals surface area contributed by atoms with Crippen LogP contribution in [0.1, 0.15) is 51.1 Å². The molecule has 2 heterocycles. The van der Waals surface area contributed by atoms with E-state index in [0.717, 1.165) is 18.9 Å². The molecule has 1 aliphatic heterocycles. The molecule has 0 amide bonds. The molecule has 1 saturated heterocycles. The first-order valence-electron chi connectivity index (χ1n) is 7.71. The maximum Gasteiger partial charge on any atom is 0.0538 e. The highest BCUT2D eigenvalue weighted by molar-refractivity contribution is 5.11. The van der Waals surface area contributed by atoms with Crippen molar-refractivity contribution in [3.05, 3.63) is 18.0 Å². The Balaban J connectivity index is 2.05. The standard InChI is InChI=1S/C15H28N4/c1-3-7-19-12-14(11-17-19)15(10-16)18-8-4-5-13(2)6-9-18/h11-13,15H,3-10,16H2,1-2H3. The van der Waals surface area contributed by atoms with Crippen LogP contribution in [0.3, 0.4) is 0 Å². The highest BCUT2D eigenvalue weighted by atomic mass is 15.3. The summed E-state index contributed by atoms with van der Waals surface area (Å²) < 4.78 is 2.04. The molecule has 1 aromatic heterocycles. The van der Waals surface area contributed by atoms with Crippen molar-refractivity contribution in [1.29, 1.82) is 0 Å². The van der Waals surface area contributed by atoms with Crippen LogP contribution in [0.15, 0.2) is 12.4 Å². The Hall–Kier alpha value is -0.870. The Bertz CT molecular complexity index is 374. The summed E-state index contributed by atoms with van der Waals surface area (Å²) in [5.41, 5.74) is 7.31. The Labute approximate surface area is 117 Å². The summed E-state index contributed by atoms with van der Waals surface area (Å²) in [6, 6.07) is 0.343. The predicted molar refractivity (Wildman–Crippen MR) is 78.9 cm³/mol. The van der Waals surface area contributed by atoms with Gasteiger partial charge in [-0.25, -0.2) is 0 Å². The Morgan fingerprint density at radius 2 is 2.26 bits per heavy atom. The number of nitrogens with two attached hydrogens (primary N) is 1. The monoisotopic (exact) mass is 264 g/mol. The zero-order valence-corrected chi connectivity index (χ0v) is 12.4. The van der Waals surface area contributed by atoms with E-state index in [2.05, 4.69) is 30.0 Å². The lowest BCUT2D eigenvalue weighted by Crippen LogP contribution is -2.34. The van der Waals surface area contributed by atoms with Crippen molar-refractivity contribution >= 4 is 0 Å². The molecule has 108 valence electrons. The van der Waals surface area contributed by atoms with Crippen molar-refractivity contribution in [3.8, 4) is 0 Å². The molecule has 1 aromatic rings. The number of likely N-dealkylation sites (tertiary alicyclic amines) is 1.